The molecule has 2 amide bonds. The summed E-state index contributed by atoms with van der Waals surface area (Å²) < 4.78 is 5.51. The lowest BCUT2D eigenvalue weighted by Gasteiger charge is -2.11. The molecule has 0 radical (unpaired) electrons. The van der Waals surface area contributed by atoms with Crippen molar-refractivity contribution in [2.75, 3.05) is 18.5 Å². The van der Waals surface area contributed by atoms with Gasteiger partial charge in [0.1, 0.15) is 5.75 Å². The number of primary amides is 1. The van der Waals surface area contributed by atoms with E-state index in [0.717, 1.165) is 12.0 Å². The zero-order valence-corrected chi connectivity index (χ0v) is 9.32. The molecule has 5 nitrogen and oxygen atoms in total. The van der Waals surface area contributed by atoms with Gasteiger partial charge in [-0.3, -0.25) is 0 Å². The molecule has 1 aromatic rings. The van der Waals surface area contributed by atoms with Crippen LogP contribution in [-0.4, -0.2) is 19.2 Å². The number of nitrogens with one attached hydrogen (secondary N) is 1. The van der Waals surface area contributed by atoms with Gasteiger partial charge in [-0.2, -0.15) is 0 Å². The zero-order valence-electron chi connectivity index (χ0n) is 9.32. The van der Waals surface area contributed by atoms with Crippen molar-refractivity contribution >= 4 is 11.7 Å². The van der Waals surface area contributed by atoms with Gasteiger partial charge in [0.2, 0.25) is 0 Å². The van der Waals surface area contributed by atoms with Crippen molar-refractivity contribution in [1.82, 2.24) is 0 Å². The number of anilines is 1. The molecule has 5 heteroatoms. The third kappa shape index (κ3) is 3.78. The Hall–Kier alpha value is -1.75. The standard InChI is InChI=1S/C11H17N3O2/c1-8-3-4-9(14-11(13)15)10(7-8)16-6-2-5-12/h3-4,7H,2,5-6,12H2,1H3,(H3,13,14,15). The van der Waals surface area contributed by atoms with Gasteiger partial charge in [0, 0.05) is 0 Å². The summed E-state index contributed by atoms with van der Waals surface area (Å²) in [7, 11) is 0. The number of rotatable bonds is 5. The molecule has 1 aromatic carbocycles. The summed E-state index contributed by atoms with van der Waals surface area (Å²) in [6.07, 6.45) is 0.768. The van der Waals surface area contributed by atoms with Gasteiger partial charge in [0.15, 0.2) is 0 Å². The number of ether oxygens (including phenoxy) is 1. The second-order valence-corrected chi connectivity index (χ2v) is 3.48. The number of amides is 2. The molecule has 0 aliphatic rings. The minimum Gasteiger partial charge on any atom is -0.491 e. The van der Waals surface area contributed by atoms with Crippen molar-refractivity contribution in [2.24, 2.45) is 11.5 Å². The van der Waals surface area contributed by atoms with Crippen LogP contribution >= 0.6 is 0 Å². The maximum Gasteiger partial charge on any atom is 0.316 e. The summed E-state index contributed by atoms with van der Waals surface area (Å²) in [5.74, 6) is 0.618. The number of hydrogen-bond acceptors (Lipinski definition) is 3. The van der Waals surface area contributed by atoms with E-state index in [1.165, 1.54) is 0 Å². The average molecular weight is 223 g/mol. The zero-order chi connectivity index (χ0) is 12.0. The van der Waals surface area contributed by atoms with E-state index in [4.69, 9.17) is 16.2 Å². The summed E-state index contributed by atoms with van der Waals surface area (Å²) in [5, 5.41) is 2.51. The van der Waals surface area contributed by atoms with E-state index in [0.29, 0.717) is 24.6 Å². The van der Waals surface area contributed by atoms with Gasteiger partial charge in [-0.05, 0) is 37.6 Å². The minimum absolute atomic E-state index is 0.521. The maximum atomic E-state index is 10.8. The van der Waals surface area contributed by atoms with Gasteiger partial charge < -0.3 is 21.5 Å². The van der Waals surface area contributed by atoms with E-state index in [1.807, 2.05) is 19.1 Å². The summed E-state index contributed by atoms with van der Waals surface area (Å²) in [5.41, 5.74) is 12.1. The van der Waals surface area contributed by atoms with Crippen molar-refractivity contribution in [3.8, 4) is 5.75 Å². The van der Waals surface area contributed by atoms with Crippen LogP contribution in [0.25, 0.3) is 0 Å². The van der Waals surface area contributed by atoms with Crippen LogP contribution in [0.5, 0.6) is 5.75 Å². The monoisotopic (exact) mass is 223 g/mol. The first-order chi connectivity index (χ1) is 7.63. The van der Waals surface area contributed by atoms with Crippen LogP contribution in [0.1, 0.15) is 12.0 Å². The maximum absolute atomic E-state index is 10.8. The molecule has 0 spiro atoms. The second kappa shape index (κ2) is 5.97. The van der Waals surface area contributed by atoms with E-state index in [-0.39, 0.29) is 0 Å². The largest absolute Gasteiger partial charge is 0.491 e. The molecule has 0 unspecified atom stereocenters. The molecule has 0 bridgehead atoms. The molecule has 5 N–H and O–H groups in total. The molecule has 0 fully saturated rings. The van der Waals surface area contributed by atoms with Crippen LogP contribution in [-0.2, 0) is 0 Å². The highest BCUT2D eigenvalue weighted by Crippen LogP contribution is 2.25. The van der Waals surface area contributed by atoms with Gasteiger partial charge >= 0.3 is 6.03 Å². The van der Waals surface area contributed by atoms with Crippen molar-refractivity contribution < 1.29 is 9.53 Å². The van der Waals surface area contributed by atoms with Crippen LogP contribution < -0.4 is 21.5 Å². The molecular weight excluding hydrogens is 206 g/mol. The third-order valence-electron chi connectivity index (χ3n) is 2.00. The van der Waals surface area contributed by atoms with E-state index in [1.54, 1.807) is 6.07 Å². The Morgan fingerprint density at radius 2 is 2.25 bits per heavy atom. The molecular formula is C11H17N3O2. The minimum atomic E-state index is -0.604. The number of carbonyl (C=O) groups excluding carboxylic acids is 1. The predicted octanol–water partition coefficient (Wildman–Crippen LogP) is 1.21. The van der Waals surface area contributed by atoms with Crippen molar-refractivity contribution in [1.29, 1.82) is 0 Å². The number of hydrogen-bond donors (Lipinski definition) is 3. The topological polar surface area (TPSA) is 90.4 Å². The Morgan fingerprint density at radius 1 is 1.50 bits per heavy atom. The van der Waals surface area contributed by atoms with Crippen LogP contribution in [0.2, 0.25) is 0 Å². The molecule has 88 valence electrons. The van der Waals surface area contributed by atoms with Crippen LogP contribution in [0.15, 0.2) is 18.2 Å². The molecule has 0 aliphatic heterocycles. The van der Waals surface area contributed by atoms with E-state index in [2.05, 4.69) is 5.32 Å². The number of nitrogens with two attached hydrogens (primary N) is 2. The Balaban J connectivity index is 2.76. The number of urea groups is 1. The van der Waals surface area contributed by atoms with Crippen molar-refractivity contribution in [3.05, 3.63) is 23.8 Å². The van der Waals surface area contributed by atoms with Gasteiger partial charge in [0.25, 0.3) is 0 Å². The fraction of sp³-hybridized carbons (Fsp3) is 0.364. The summed E-state index contributed by atoms with van der Waals surface area (Å²) in [6, 6.07) is 4.88. The Bertz CT molecular complexity index is 366. The highest BCUT2D eigenvalue weighted by Gasteiger charge is 2.05. The smallest absolute Gasteiger partial charge is 0.316 e. The fourth-order valence-electron chi connectivity index (χ4n) is 1.25. The summed E-state index contributed by atoms with van der Waals surface area (Å²) in [6.45, 7) is 3.04. The predicted molar refractivity (Wildman–Crippen MR) is 63.6 cm³/mol. The van der Waals surface area contributed by atoms with Crippen molar-refractivity contribution in [2.45, 2.75) is 13.3 Å². The second-order valence-electron chi connectivity index (χ2n) is 3.48. The number of benzene rings is 1. The first-order valence-electron chi connectivity index (χ1n) is 5.13. The molecule has 0 saturated heterocycles. The summed E-state index contributed by atoms with van der Waals surface area (Å²) >= 11 is 0. The lowest BCUT2D eigenvalue weighted by atomic mass is 10.2. The van der Waals surface area contributed by atoms with E-state index < -0.39 is 6.03 Å². The molecule has 0 aliphatic carbocycles. The third-order valence-corrected chi connectivity index (χ3v) is 2.00. The van der Waals surface area contributed by atoms with Crippen molar-refractivity contribution in [3.63, 3.8) is 0 Å². The molecule has 0 saturated carbocycles. The number of aryl methyl sites for hydroxylation is 1. The fourth-order valence-corrected chi connectivity index (χ4v) is 1.25. The summed E-state index contributed by atoms with van der Waals surface area (Å²) in [4.78, 5) is 10.8. The lowest BCUT2D eigenvalue weighted by Crippen LogP contribution is -2.20. The highest BCUT2D eigenvalue weighted by atomic mass is 16.5. The lowest BCUT2D eigenvalue weighted by molar-refractivity contribution is 0.259. The normalized spacial score (nSPS) is 9.88. The van der Waals surface area contributed by atoms with Gasteiger partial charge in [-0.1, -0.05) is 6.07 Å². The quantitative estimate of drug-likeness (QED) is 0.655. The van der Waals surface area contributed by atoms with Gasteiger partial charge in [-0.15, -0.1) is 0 Å². The van der Waals surface area contributed by atoms with Crippen LogP contribution in [0.4, 0.5) is 10.5 Å². The van der Waals surface area contributed by atoms with Crippen LogP contribution in [0, 0.1) is 6.92 Å². The Kier molecular flexibility index (Phi) is 4.60. The molecule has 16 heavy (non-hydrogen) atoms. The van der Waals surface area contributed by atoms with E-state index in [9.17, 15) is 4.79 Å². The average Bonchev–Trinajstić information content (AvgIpc) is 2.22. The van der Waals surface area contributed by atoms with Crippen LogP contribution in [0.3, 0.4) is 0 Å². The molecule has 1 rings (SSSR count). The van der Waals surface area contributed by atoms with E-state index >= 15 is 0 Å². The van der Waals surface area contributed by atoms with Gasteiger partial charge in [-0.25, -0.2) is 4.79 Å². The SMILES string of the molecule is Cc1ccc(NC(N)=O)c(OCCCN)c1. The first-order valence-corrected chi connectivity index (χ1v) is 5.13. The van der Waals surface area contributed by atoms with Gasteiger partial charge in [0.05, 0.1) is 12.3 Å². The Labute approximate surface area is 94.8 Å². The number of carbonyl (C=O) groups is 1. The highest BCUT2D eigenvalue weighted by molar-refractivity contribution is 5.89. The molecule has 0 heterocycles. The molecule has 0 aromatic heterocycles. The Morgan fingerprint density at radius 3 is 2.88 bits per heavy atom. The first kappa shape index (κ1) is 12.3. The molecule has 0 atom stereocenters.